The third-order valence-corrected chi connectivity index (χ3v) is 5.69. The van der Waals surface area contributed by atoms with Gasteiger partial charge in [-0.1, -0.05) is 28.1 Å². The van der Waals surface area contributed by atoms with E-state index >= 15 is 0 Å². The maximum Gasteiger partial charge on any atom is 0.227 e. The molecule has 4 rings (SSSR count). The van der Waals surface area contributed by atoms with Crippen LogP contribution in [0.15, 0.2) is 46.9 Å². The van der Waals surface area contributed by atoms with E-state index in [4.69, 9.17) is 9.47 Å². The van der Waals surface area contributed by atoms with Gasteiger partial charge in [0, 0.05) is 29.4 Å². The highest BCUT2D eigenvalue weighted by molar-refractivity contribution is 9.10. The number of hydrogen-bond donors (Lipinski definition) is 1. The quantitative estimate of drug-likeness (QED) is 0.783. The van der Waals surface area contributed by atoms with Gasteiger partial charge in [-0.3, -0.25) is 9.59 Å². The minimum atomic E-state index is -0.393. The van der Waals surface area contributed by atoms with Crippen molar-refractivity contribution in [2.75, 3.05) is 25.2 Å². The molecule has 6 nitrogen and oxygen atoms in total. The minimum Gasteiger partial charge on any atom is -0.495 e. The van der Waals surface area contributed by atoms with Crippen molar-refractivity contribution < 1.29 is 19.1 Å². The molecule has 0 aliphatic carbocycles. The zero-order chi connectivity index (χ0) is 19.7. The van der Waals surface area contributed by atoms with Crippen LogP contribution in [0.2, 0.25) is 0 Å². The van der Waals surface area contributed by atoms with Gasteiger partial charge in [-0.05, 0) is 30.3 Å². The van der Waals surface area contributed by atoms with Crippen molar-refractivity contribution in [2.24, 2.45) is 5.92 Å². The number of para-hydroxylation sites is 2. The van der Waals surface area contributed by atoms with Crippen molar-refractivity contribution in [1.29, 1.82) is 0 Å². The third kappa shape index (κ3) is 3.58. The molecule has 1 N–H and O–H groups in total. The molecule has 1 saturated heterocycles. The Morgan fingerprint density at radius 3 is 2.93 bits per heavy atom. The first-order valence-electron chi connectivity index (χ1n) is 9.23. The van der Waals surface area contributed by atoms with Crippen LogP contribution in [-0.2, 0) is 9.59 Å². The number of anilines is 1. The van der Waals surface area contributed by atoms with Gasteiger partial charge in [-0.25, -0.2) is 0 Å². The number of nitrogens with one attached hydrogen (secondary N) is 1. The molecule has 28 heavy (non-hydrogen) atoms. The van der Waals surface area contributed by atoms with Gasteiger partial charge in [-0.2, -0.15) is 0 Å². The summed E-state index contributed by atoms with van der Waals surface area (Å²) in [5.74, 6) is 0.845. The molecule has 146 valence electrons. The van der Waals surface area contributed by atoms with Crippen molar-refractivity contribution in [3.8, 4) is 11.5 Å². The predicted octanol–water partition coefficient (Wildman–Crippen LogP) is 3.45. The molecule has 1 fully saturated rings. The van der Waals surface area contributed by atoms with E-state index in [1.54, 1.807) is 12.0 Å². The Hall–Kier alpha value is -2.54. The van der Waals surface area contributed by atoms with Crippen molar-refractivity contribution >= 4 is 33.4 Å². The van der Waals surface area contributed by atoms with Crippen molar-refractivity contribution in [3.63, 3.8) is 0 Å². The van der Waals surface area contributed by atoms with Crippen LogP contribution < -0.4 is 19.7 Å². The van der Waals surface area contributed by atoms with E-state index in [2.05, 4.69) is 21.2 Å². The van der Waals surface area contributed by atoms with E-state index in [-0.39, 0.29) is 24.3 Å². The summed E-state index contributed by atoms with van der Waals surface area (Å²) >= 11 is 3.47. The molecule has 2 aromatic carbocycles. The lowest BCUT2D eigenvalue weighted by molar-refractivity contribution is -0.127. The summed E-state index contributed by atoms with van der Waals surface area (Å²) in [4.78, 5) is 27.1. The monoisotopic (exact) mass is 444 g/mol. The minimum absolute atomic E-state index is 0.0697. The Labute approximate surface area is 171 Å². The van der Waals surface area contributed by atoms with Crippen LogP contribution in [0, 0.1) is 5.92 Å². The number of nitrogens with zero attached hydrogens (tertiary/aromatic N) is 1. The van der Waals surface area contributed by atoms with Crippen LogP contribution in [0.4, 0.5) is 5.69 Å². The van der Waals surface area contributed by atoms with E-state index in [0.717, 1.165) is 15.8 Å². The first kappa shape index (κ1) is 18.8. The van der Waals surface area contributed by atoms with Crippen molar-refractivity contribution in [2.45, 2.75) is 18.9 Å². The fourth-order valence-electron chi connectivity index (χ4n) is 3.77. The number of hydrogen-bond acceptors (Lipinski definition) is 4. The van der Waals surface area contributed by atoms with Crippen LogP contribution in [0.25, 0.3) is 0 Å². The lowest BCUT2D eigenvalue weighted by Crippen LogP contribution is -2.37. The molecule has 2 amide bonds. The Morgan fingerprint density at radius 1 is 1.29 bits per heavy atom. The second kappa shape index (κ2) is 7.83. The Kier molecular flexibility index (Phi) is 5.26. The number of rotatable bonds is 4. The average molecular weight is 445 g/mol. The number of benzene rings is 2. The van der Waals surface area contributed by atoms with Gasteiger partial charge in [0.25, 0.3) is 0 Å². The number of methoxy groups -OCH3 is 1. The first-order valence-corrected chi connectivity index (χ1v) is 10.0. The van der Waals surface area contributed by atoms with Crippen LogP contribution in [0.5, 0.6) is 11.5 Å². The maximum absolute atomic E-state index is 12.9. The van der Waals surface area contributed by atoms with Crippen LogP contribution in [0.3, 0.4) is 0 Å². The molecule has 0 saturated carbocycles. The summed E-state index contributed by atoms with van der Waals surface area (Å²) in [5.41, 5.74) is 1.66. The Bertz CT molecular complexity index is 917. The topological polar surface area (TPSA) is 67.9 Å². The van der Waals surface area contributed by atoms with Crippen molar-refractivity contribution in [3.05, 3.63) is 52.5 Å². The van der Waals surface area contributed by atoms with Crippen molar-refractivity contribution in [1.82, 2.24) is 5.32 Å². The average Bonchev–Trinajstić information content (AvgIpc) is 3.10. The summed E-state index contributed by atoms with van der Waals surface area (Å²) in [6.45, 7) is 0.899. The predicted molar refractivity (Wildman–Crippen MR) is 109 cm³/mol. The van der Waals surface area contributed by atoms with Gasteiger partial charge in [-0.15, -0.1) is 0 Å². The molecule has 7 heteroatoms. The number of fused-ring (bicyclic) bond motifs is 1. The molecule has 2 atom stereocenters. The van der Waals surface area contributed by atoms with Gasteiger partial charge in [0.15, 0.2) is 0 Å². The second-order valence-electron chi connectivity index (χ2n) is 6.96. The van der Waals surface area contributed by atoms with E-state index < -0.39 is 5.92 Å². The van der Waals surface area contributed by atoms with E-state index in [9.17, 15) is 9.59 Å². The molecule has 0 aromatic heterocycles. The van der Waals surface area contributed by atoms with E-state index in [1.807, 2.05) is 42.5 Å². The first-order chi connectivity index (χ1) is 13.6. The zero-order valence-electron chi connectivity index (χ0n) is 15.5. The highest BCUT2D eigenvalue weighted by Gasteiger charge is 2.37. The number of amides is 2. The molecule has 0 bridgehead atoms. The summed E-state index contributed by atoms with van der Waals surface area (Å²) in [6, 6.07) is 13.0. The zero-order valence-corrected chi connectivity index (χ0v) is 17.1. The molecule has 2 aromatic rings. The maximum atomic E-state index is 12.9. The van der Waals surface area contributed by atoms with Gasteiger partial charge in [0.2, 0.25) is 11.8 Å². The fraction of sp³-hybridized carbons (Fsp3) is 0.333. The standard InChI is InChI=1S/C21H21BrN2O4/c1-27-19-5-3-2-4-17(19)24-12-13(10-20(24)25)21(26)23-16-8-9-28-18-7-6-14(22)11-15(16)18/h2-7,11,13,16H,8-10,12H2,1H3,(H,23,26). The normalized spacial score (nSPS) is 21.1. The summed E-state index contributed by atoms with van der Waals surface area (Å²) in [5, 5.41) is 3.12. The molecule has 2 heterocycles. The van der Waals surface area contributed by atoms with Gasteiger partial charge in [0.05, 0.1) is 31.4 Å². The molecule has 2 aliphatic rings. The molecule has 0 radical (unpaired) electrons. The van der Waals surface area contributed by atoms with Crippen LogP contribution in [-0.4, -0.2) is 32.1 Å². The van der Waals surface area contributed by atoms with Crippen LogP contribution in [0.1, 0.15) is 24.4 Å². The molecule has 0 spiro atoms. The van der Waals surface area contributed by atoms with Gasteiger partial charge >= 0.3 is 0 Å². The summed E-state index contributed by atoms with van der Waals surface area (Å²) in [7, 11) is 1.57. The molecule has 2 aliphatic heterocycles. The fourth-order valence-corrected chi connectivity index (χ4v) is 4.15. The number of ether oxygens (including phenoxy) is 2. The number of carbonyl (C=O) groups excluding carboxylic acids is 2. The van der Waals surface area contributed by atoms with Gasteiger partial charge < -0.3 is 19.7 Å². The number of carbonyl (C=O) groups is 2. The summed E-state index contributed by atoms with van der Waals surface area (Å²) < 4.78 is 12.0. The molecular formula is C21H21BrN2O4. The molecular weight excluding hydrogens is 424 g/mol. The highest BCUT2D eigenvalue weighted by atomic mass is 79.9. The largest absolute Gasteiger partial charge is 0.495 e. The smallest absolute Gasteiger partial charge is 0.227 e. The highest BCUT2D eigenvalue weighted by Crippen LogP contribution is 2.36. The van der Waals surface area contributed by atoms with E-state index in [1.165, 1.54) is 0 Å². The van der Waals surface area contributed by atoms with Gasteiger partial charge in [0.1, 0.15) is 11.5 Å². The lowest BCUT2D eigenvalue weighted by Gasteiger charge is -2.28. The third-order valence-electron chi connectivity index (χ3n) is 5.20. The Balaban J connectivity index is 1.49. The molecule has 2 unspecified atom stereocenters. The number of halogens is 1. The van der Waals surface area contributed by atoms with Crippen LogP contribution >= 0.6 is 15.9 Å². The summed E-state index contributed by atoms with van der Waals surface area (Å²) in [6.07, 6.45) is 0.893. The van der Waals surface area contributed by atoms with E-state index in [0.29, 0.717) is 31.0 Å². The second-order valence-corrected chi connectivity index (χ2v) is 7.87. The Morgan fingerprint density at radius 2 is 2.11 bits per heavy atom. The lowest BCUT2D eigenvalue weighted by atomic mass is 9.99. The SMILES string of the molecule is COc1ccccc1N1CC(C(=O)NC2CCOc3ccc(Br)cc32)CC1=O.